The molecule has 2 aliphatic rings. The quantitative estimate of drug-likeness (QED) is 0.385. The van der Waals surface area contributed by atoms with E-state index in [0.717, 1.165) is 62.2 Å². The van der Waals surface area contributed by atoms with Crippen molar-refractivity contribution in [1.82, 2.24) is 0 Å². The maximum Gasteiger partial charge on any atom is 0.293 e. The van der Waals surface area contributed by atoms with Crippen LogP contribution >= 0.6 is 11.3 Å². The van der Waals surface area contributed by atoms with E-state index >= 15 is 0 Å². The molecule has 0 saturated carbocycles. The second kappa shape index (κ2) is 8.34. The van der Waals surface area contributed by atoms with E-state index in [1.807, 2.05) is 12.1 Å². The van der Waals surface area contributed by atoms with Crippen LogP contribution in [0.1, 0.15) is 54.2 Å². The maximum atomic E-state index is 11.7. The summed E-state index contributed by atoms with van der Waals surface area (Å²) in [4.78, 5) is 19.3. The van der Waals surface area contributed by atoms with Gasteiger partial charge < -0.3 is 4.90 Å². The number of nitriles is 1. The third-order valence-electron chi connectivity index (χ3n) is 5.92. The van der Waals surface area contributed by atoms with Crippen molar-refractivity contribution in [2.24, 2.45) is 10.9 Å². The number of hydrogen-bond donors (Lipinski definition) is 0. The Labute approximate surface area is 174 Å². The normalized spacial score (nSPS) is 17.3. The van der Waals surface area contributed by atoms with Crippen molar-refractivity contribution in [3.05, 3.63) is 49.9 Å². The van der Waals surface area contributed by atoms with Gasteiger partial charge in [-0.2, -0.15) is 5.26 Å². The summed E-state index contributed by atoms with van der Waals surface area (Å²) in [5.74, 6) is 0.669. The van der Waals surface area contributed by atoms with E-state index in [4.69, 9.17) is 0 Å². The number of aryl methyl sites for hydroxylation is 1. The van der Waals surface area contributed by atoms with E-state index < -0.39 is 0 Å². The smallest absolute Gasteiger partial charge is 0.293 e. The Morgan fingerprint density at radius 3 is 2.79 bits per heavy atom. The molecule has 4 rings (SSSR count). The average Bonchev–Trinajstić information content (AvgIpc) is 3.10. The molecular weight excluding hydrogens is 384 g/mol. The molecule has 1 saturated heterocycles. The Balaban J connectivity index is 1.61. The first kappa shape index (κ1) is 19.6. The predicted octanol–water partition coefficient (Wildman–Crippen LogP) is 5.39. The van der Waals surface area contributed by atoms with Gasteiger partial charge in [-0.15, -0.1) is 11.3 Å². The van der Waals surface area contributed by atoms with E-state index in [2.05, 4.69) is 22.9 Å². The minimum atomic E-state index is -0.310. The fourth-order valence-corrected chi connectivity index (χ4v) is 5.36. The molecule has 0 unspecified atom stereocenters. The summed E-state index contributed by atoms with van der Waals surface area (Å²) < 4.78 is 0. The van der Waals surface area contributed by atoms with Crippen LogP contribution in [0.5, 0.6) is 0 Å². The standard InChI is InChI=1S/C22H24N4O2S/c1-15-8-10-25(11-9-15)19-7-6-16(12-20(19)26(27)28)14-24-22-18(13-23)17-4-2-3-5-21(17)29-22/h6-7,12,14-15H,2-5,8-11H2,1H3. The molecule has 0 amide bonds. The lowest BCUT2D eigenvalue weighted by Gasteiger charge is -2.31. The first-order valence-corrected chi connectivity index (χ1v) is 11.0. The van der Waals surface area contributed by atoms with Gasteiger partial charge in [0.2, 0.25) is 0 Å². The molecule has 150 valence electrons. The molecule has 0 atom stereocenters. The minimum absolute atomic E-state index is 0.120. The summed E-state index contributed by atoms with van der Waals surface area (Å²) in [6, 6.07) is 7.61. The molecule has 2 heterocycles. The van der Waals surface area contributed by atoms with Gasteiger partial charge in [0.1, 0.15) is 16.8 Å². The van der Waals surface area contributed by atoms with Gasteiger partial charge in [0.25, 0.3) is 5.69 Å². The second-order valence-electron chi connectivity index (χ2n) is 7.94. The predicted molar refractivity (Wildman–Crippen MR) is 117 cm³/mol. The lowest BCUT2D eigenvalue weighted by molar-refractivity contribution is -0.384. The number of rotatable bonds is 4. The highest BCUT2D eigenvalue weighted by molar-refractivity contribution is 7.16. The van der Waals surface area contributed by atoms with Crippen LogP contribution in [0.15, 0.2) is 23.2 Å². The fraction of sp³-hybridized carbons (Fsp3) is 0.455. The molecule has 1 aliphatic heterocycles. The topological polar surface area (TPSA) is 82.5 Å². The summed E-state index contributed by atoms with van der Waals surface area (Å²) in [7, 11) is 0. The van der Waals surface area contributed by atoms with Crippen LogP contribution in [0.25, 0.3) is 0 Å². The molecule has 1 aromatic carbocycles. The SMILES string of the molecule is CC1CCN(c2ccc(C=Nc3sc4c(c3C#N)CCCC4)cc2[N+](=O)[O-])CC1. The number of nitrogens with zero attached hydrogens (tertiary/aromatic N) is 4. The van der Waals surface area contributed by atoms with Gasteiger partial charge in [-0.3, -0.25) is 10.1 Å². The molecule has 7 heteroatoms. The van der Waals surface area contributed by atoms with Crippen LogP contribution < -0.4 is 4.90 Å². The van der Waals surface area contributed by atoms with Crippen LogP contribution in [0.3, 0.4) is 0 Å². The van der Waals surface area contributed by atoms with Crippen molar-refractivity contribution in [3.8, 4) is 6.07 Å². The summed E-state index contributed by atoms with van der Waals surface area (Å²) in [5.41, 5.74) is 3.31. The van der Waals surface area contributed by atoms with Gasteiger partial charge in [-0.05, 0) is 61.6 Å². The molecule has 0 radical (unpaired) electrons. The fourth-order valence-electron chi connectivity index (χ4n) is 4.17. The number of aliphatic imine (C=N–C) groups is 1. The van der Waals surface area contributed by atoms with Crippen molar-refractivity contribution >= 4 is 33.9 Å². The van der Waals surface area contributed by atoms with Gasteiger partial charge in [0, 0.05) is 30.2 Å². The highest BCUT2D eigenvalue weighted by Gasteiger charge is 2.24. The Bertz CT molecular complexity index is 997. The molecule has 2 aromatic rings. The Morgan fingerprint density at radius 1 is 1.31 bits per heavy atom. The number of fused-ring (bicyclic) bond motifs is 1. The van der Waals surface area contributed by atoms with Crippen molar-refractivity contribution in [1.29, 1.82) is 5.26 Å². The summed E-state index contributed by atoms with van der Waals surface area (Å²) in [6.07, 6.45) is 7.99. The molecule has 0 spiro atoms. The van der Waals surface area contributed by atoms with Crippen LogP contribution in [0.2, 0.25) is 0 Å². The summed E-state index contributed by atoms with van der Waals surface area (Å²) in [6.45, 7) is 3.92. The number of benzene rings is 1. The monoisotopic (exact) mass is 408 g/mol. The Morgan fingerprint density at radius 2 is 2.07 bits per heavy atom. The van der Waals surface area contributed by atoms with Crippen molar-refractivity contribution in [3.63, 3.8) is 0 Å². The highest BCUT2D eigenvalue weighted by atomic mass is 32.1. The Kier molecular flexibility index (Phi) is 5.63. The van der Waals surface area contributed by atoms with Crippen molar-refractivity contribution in [2.75, 3.05) is 18.0 Å². The number of nitro benzene ring substituents is 1. The van der Waals surface area contributed by atoms with E-state index in [9.17, 15) is 15.4 Å². The van der Waals surface area contributed by atoms with Crippen LogP contribution in [-0.4, -0.2) is 24.2 Å². The average molecular weight is 409 g/mol. The lowest BCUT2D eigenvalue weighted by Crippen LogP contribution is -2.33. The second-order valence-corrected chi connectivity index (χ2v) is 9.02. The molecule has 29 heavy (non-hydrogen) atoms. The molecule has 1 fully saturated rings. The molecule has 6 nitrogen and oxygen atoms in total. The molecular formula is C22H24N4O2S. The van der Waals surface area contributed by atoms with Crippen molar-refractivity contribution in [2.45, 2.75) is 45.4 Å². The molecule has 0 N–H and O–H groups in total. The maximum absolute atomic E-state index is 11.7. The zero-order valence-corrected chi connectivity index (χ0v) is 17.4. The molecule has 1 aliphatic carbocycles. The number of anilines is 1. The number of piperidine rings is 1. The molecule has 0 bridgehead atoms. The minimum Gasteiger partial charge on any atom is -0.366 e. The number of thiophene rings is 1. The third kappa shape index (κ3) is 4.03. The van der Waals surface area contributed by atoms with Gasteiger partial charge in [0.15, 0.2) is 0 Å². The largest absolute Gasteiger partial charge is 0.366 e. The first-order valence-electron chi connectivity index (χ1n) is 10.2. The third-order valence-corrected chi connectivity index (χ3v) is 7.12. The van der Waals surface area contributed by atoms with Gasteiger partial charge >= 0.3 is 0 Å². The van der Waals surface area contributed by atoms with Crippen LogP contribution in [-0.2, 0) is 12.8 Å². The lowest BCUT2D eigenvalue weighted by atomic mass is 9.96. The zero-order valence-electron chi connectivity index (χ0n) is 16.6. The number of nitro groups is 1. The van der Waals surface area contributed by atoms with Gasteiger partial charge in [0.05, 0.1) is 10.5 Å². The first-order chi connectivity index (χ1) is 14.1. The highest BCUT2D eigenvalue weighted by Crippen LogP contribution is 2.39. The van der Waals surface area contributed by atoms with Crippen LogP contribution in [0.4, 0.5) is 16.4 Å². The van der Waals surface area contributed by atoms with E-state index in [1.165, 1.54) is 4.88 Å². The van der Waals surface area contributed by atoms with E-state index in [-0.39, 0.29) is 10.6 Å². The summed E-state index contributed by atoms with van der Waals surface area (Å²) >= 11 is 1.58. The van der Waals surface area contributed by atoms with E-state index in [0.29, 0.717) is 22.7 Å². The molecule has 1 aromatic heterocycles. The number of hydrogen-bond acceptors (Lipinski definition) is 6. The van der Waals surface area contributed by atoms with E-state index in [1.54, 1.807) is 23.6 Å². The van der Waals surface area contributed by atoms with Gasteiger partial charge in [-0.1, -0.05) is 13.0 Å². The Hall–Kier alpha value is -2.72. The zero-order chi connectivity index (χ0) is 20.4. The summed E-state index contributed by atoms with van der Waals surface area (Å²) in [5, 5.41) is 22.0. The van der Waals surface area contributed by atoms with Gasteiger partial charge in [-0.25, -0.2) is 4.99 Å². The van der Waals surface area contributed by atoms with Crippen LogP contribution in [0, 0.1) is 27.4 Å². The van der Waals surface area contributed by atoms with Crippen molar-refractivity contribution < 1.29 is 4.92 Å².